The number of thiophene rings is 2. The van der Waals surface area contributed by atoms with Gasteiger partial charge < -0.3 is 5.32 Å². The molecule has 0 saturated heterocycles. The van der Waals surface area contributed by atoms with Crippen molar-refractivity contribution in [3.8, 4) is 0 Å². The van der Waals surface area contributed by atoms with Gasteiger partial charge in [-0.25, -0.2) is 13.1 Å². The lowest BCUT2D eigenvalue weighted by Crippen LogP contribution is -2.22. The van der Waals surface area contributed by atoms with Crippen LogP contribution in [0.4, 0.5) is 0 Å². The van der Waals surface area contributed by atoms with Crippen molar-refractivity contribution in [2.75, 3.05) is 6.54 Å². The molecule has 0 radical (unpaired) electrons. The molecule has 2 aromatic rings. The van der Waals surface area contributed by atoms with Crippen LogP contribution in [0, 0.1) is 6.92 Å². The second-order valence-corrected chi connectivity index (χ2v) is 8.54. The first-order valence-electron chi connectivity index (χ1n) is 6.83. The van der Waals surface area contributed by atoms with Crippen LogP contribution in [-0.2, 0) is 23.1 Å². The Morgan fingerprint density at radius 2 is 2.05 bits per heavy atom. The summed E-state index contributed by atoms with van der Waals surface area (Å²) in [6.45, 7) is 6.11. The normalized spacial score (nSPS) is 11.9. The molecule has 0 spiro atoms. The van der Waals surface area contributed by atoms with Gasteiger partial charge in [0.25, 0.3) is 0 Å². The molecule has 2 rings (SSSR count). The number of nitrogens with one attached hydrogen (secondary N) is 2. The standard InChI is InChI=1S/C14H20N2O2S3/c1-3-5-15-8-12-7-13(10-20-12)21(17,18)16-9-14-11(2)4-6-19-14/h4,6-7,10,15-16H,3,5,8-9H2,1-2H3. The number of sulfonamides is 1. The third-order valence-corrected chi connectivity index (χ3v) is 6.55. The van der Waals surface area contributed by atoms with Crippen molar-refractivity contribution in [1.82, 2.24) is 10.0 Å². The minimum atomic E-state index is -3.42. The van der Waals surface area contributed by atoms with Gasteiger partial charge >= 0.3 is 0 Å². The highest BCUT2D eigenvalue weighted by Crippen LogP contribution is 2.20. The number of hydrogen-bond acceptors (Lipinski definition) is 5. The summed E-state index contributed by atoms with van der Waals surface area (Å²) in [6, 6.07) is 3.74. The smallest absolute Gasteiger partial charge is 0.241 e. The lowest BCUT2D eigenvalue weighted by atomic mass is 10.3. The van der Waals surface area contributed by atoms with Gasteiger partial charge in [0.2, 0.25) is 10.0 Å². The van der Waals surface area contributed by atoms with Gasteiger partial charge in [-0.05, 0) is 43.0 Å². The molecule has 0 fully saturated rings. The molecule has 0 saturated carbocycles. The third-order valence-electron chi connectivity index (χ3n) is 3.06. The predicted octanol–water partition coefficient (Wildman–Crippen LogP) is 3.10. The van der Waals surface area contributed by atoms with E-state index in [4.69, 9.17) is 0 Å². The number of rotatable bonds is 8. The average molecular weight is 345 g/mol. The molecule has 4 nitrogen and oxygen atoms in total. The summed E-state index contributed by atoms with van der Waals surface area (Å²) in [6.07, 6.45) is 1.07. The van der Waals surface area contributed by atoms with Gasteiger partial charge in [-0.2, -0.15) is 0 Å². The highest BCUT2D eigenvalue weighted by Gasteiger charge is 2.16. The molecule has 0 bridgehead atoms. The first-order chi connectivity index (χ1) is 10.0. The van der Waals surface area contributed by atoms with Gasteiger partial charge in [0, 0.05) is 28.2 Å². The van der Waals surface area contributed by atoms with Crippen molar-refractivity contribution in [2.45, 2.75) is 38.3 Å². The summed E-state index contributed by atoms with van der Waals surface area (Å²) in [5.74, 6) is 0. The molecule has 0 aliphatic carbocycles. The van der Waals surface area contributed by atoms with Crippen LogP contribution < -0.4 is 10.0 Å². The lowest BCUT2D eigenvalue weighted by molar-refractivity contribution is 0.582. The topological polar surface area (TPSA) is 58.2 Å². The van der Waals surface area contributed by atoms with Crippen LogP contribution in [-0.4, -0.2) is 15.0 Å². The molecule has 0 amide bonds. The zero-order valence-corrected chi connectivity index (χ0v) is 14.6. The Kier molecular flexibility index (Phi) is 5.95. The molecular weight excluding hydrogens is 324 g/mol. The second kappa shape index (κ2) is 7.51. The highest BCUT2D eigenvalue weighted by atomic mass is 32.2. The molecule has 0 aliphatic heterocycles. The SMILES string of the molecule is CCCNCc1cc(S(=O)(=O)NCc2sccc2C)cs1. The van der Waals surface area contributed by atoms with Gasteiger partial charge in [0.05, 0.1) is 4.90 Å². The quantitative estimate of drug-likeness (QED) is 0.724. The Balaban J connectivity index is 1.97. The fraction of sp³-hybridized carbons (Fsp3) is 0.429. The highest BCUT2D eigenvalue weighted by molar-refractivity contribution is 7.89. The zero-order chi connectivity index (χ0) is 15.3. The molecule has 116 valence electrons. The van der Waals surface area contributed by atoms with E-state index in [-0.39, 0.29) is 0 Å². The van der Waals surface area contributed by atoms with Crippen molar-refractivity contribution < 1.29 is 8.42 Å². The Labute approximate surface area is 134 Å². The minimum absolute atomic E-state index is 0.352. The summed E-state index contributed by atoms with van der Waals surface area (Å²) in [5.41, 5.74) is 1.12. The monoisotopic (exact) mass is 344 g/mol. The summed E-state index contributed by atoms with van der Waals surface area (Å²) in [7, 11) is -3.42. The van der Waals surface area contributed by atoms with Crippen molar-refractivity contribution in [3.63, 3.8) is 0 Å². The molecule has 0 aliphatic rings. The van der Waals surface area contributed by atoms with Gasteiger partial charge in [-0.3, -0.25) is 0 Å². The Bertz CT molecular complexity index is 674. The lowest BCUT2D eigenvalue weighted by Gasteiger charge is -2.04. The van der Waals surface area contributed by atoms with E-state index >= 15 is 0 Å². The van der Waals surface area contributed by atoms with Crippen LogP contribution in [0.5, 0.6) is 0 Å². The zero-order valence-electron chi connectivity index (χ0n) is 12.2. The average Bonchev–Trinajstić information content (AvgIpc) is 3.06. The molecule has 0 atom stereocenters. The van der Waals surface area contributed by atoms with Crippen molar-refractivity contribution in [3.05, 3.63) is 38.2 Å². The first kappa shape index (κ1) is 16.6. The van der Waals surface area contributed by atoms with E-state index in [9.17, 15) is 8.42 Å². The van der Waals surface area contributed by atoms with Crippen LogP contribution in [0.25, 0.3) is 0 Å². The third kappa shape index (κ3) is 4.62. The number of aryl methyl sites for hydroxylation is 1. The fourth-order valence-electron chi connectivity index (χ4n) is 1.81. The minimum Gasteiger partial charge on any atom is -0.312 e. The van der Waals surface area contributed by atoms with Crippen molar-refractivity contribution in [1.29, 1.82) is 0 Å². The van der Waals surface area contributed by atoms with Crippen LogP contribution in [0.15, 0.2) is 27.8 Å². The summed E-state index contributed by atoms with van der Waals surface area (Å²) < 4.78 is 27.2. The van der Waals surface area contributed by atoms with E-state index in [1.54, 1.807) is 22.8 Å². The van der Waals surface area contributed by atoms with E-state index < -0.39 is 10.0 Å². The van der Waals surface area contributed by atoms with Gasteiger partial charge in [-0.1, -0.05) is 6.92 Å². The fourth-order valence-corrected chi connectivity index (χ4v) is 4.99. The van der Waals surface area contributed by atoms with E-state index in [2.05, 4.69) is 17.0 Å². The predicted molar refractivity (Wildman–Crippen MR) is 89.4 cm³/mol. The van der Waals surface area contributed by atoms with Gasteiger partial charge in [-0.15, -0.1) is 22.7 Å². The van der Waals surface area contributed by atoms with E-state index in [1.165, 1.54) is 11.3 Å². The van der Waals surface area contributed by atoms with Crippen LogP contribution in [0.3, 0.4) is 0 Å². The molecule has 2 aromatic heterocycles. The van der Waals surface area contributed by atoms with Gasteiger partial charge in [0.15, 0.2) is 0 Å². The summed E-state index contributed by atoms with van der Waals surface area (Å²) >= 11 is 3.04. The van der Waals surface area contributed by atoms with E-state index in [0.717, 1.165) is 34.8 Å². The molecule has 2 heterocycles. The second-order valence-electron chi connectivity index (χ2n) is 4.78. The summed E-state index contributed by atoms with van der Waals surface area (Å²) in [4.78, 5) is 2.45. The Morgan fingerprint density at radius 3 is 2.71 bits per heavy atom. The van der Waals surface area contributed by atoms with E-state index in [0.29, 0.717) is 11.4 Å². The molecule has 0 aromatic carbocycles. The maximum Gasteiger partial charge on any atom is 0.241 e. The largest absolute Gasteiger partial charge is 0.312 e. The molecule has 7 heteroatoms. The Morgan fingerprint density at radius 1 is 1.24 bits per heavy atom. The van der Waals surface area contributed by atoms with E-state index in [1.807, 2.05) is 18.4 Å². The Hall–Kier alpha value is -0.730. The molecular formula is C14H20N2O2S3. The molecule has 21 heavy (non-hydrogen) atoms. The number of hydrogen-bond donors (Lipinski definition) is 2. The first-order valence-corrected chi connectivity index (χ1v) is 10.1. The van der Waals surface area contributed by atoms with Crippen LogP contribution in [0.2, 0.25) is 0 Å². The van der Waals surface area contributed by atoms with Crippen molar-refractivity contribution in [2.24, 2.45) is 0 Å². The maximum absolute atomic E-state index is 12.3. The van der Waals surface area contributed by atoms with Crippen molar-refractivity contribution >= 4 is 32.7 Å². The van der Waals surface area contributed by atoms with Gasteiger partial charge in [0.1, 0.15) is 0 Å². The summed E-state index contributed by atoms with van der Waals surface area (Å²) in [5, 5.41) is 6.95. The van der Waals surface area contributed by atoms with Crippen LogP contribution in [0.1, 0.15) is 28.7 Å². The maximum atomic E-state index is 12.3. The van der Waals surface area contributed by atoms with Crippen LogP contribution >= 0.6 is 22.7 Å². The molecule has 2 N–H and O–H groups in total. The molecule has 0 unspecified atom stereocenters.